The van der Waals surface area contributed by atoms with Crippen molar-refractivity contribution in [3.8, 4) is 11.3 Å². The second-order valence-electron chi connectivity index (χ2n) is 6.29. The summed E-state index contributed by atoms with van der Waals surface area (Å²) in [4.78, 5) is 20.7. The van der Waals surface area contributed by atoms with Gasteiger partial charge in [-0.1, -0.05) is 11.6 Å². The maximum absolute atomic E-state index is 14.1. The van der Waals surface area contributed by atoms with Crippen LogP contribution in [0.5, 0.6) is 0 Å². The van der Waals surface area contributed by atoms with Crippen molar-refractivity contribution < 1.29 is 13.5 Å². The third kappa shape index (κ3) is 4.44. The monoisotopic (exact) mass is 430 g/mol. The summed E-state index contributed by atoms with van der Waals surface area (Å²) in [6, 6.07) is 8.25. The zero-order valence-corrected chi connectivity index (χ0v) is 16.3. The van der Waals surface area contributed by atoms with E-state index >= 15 is 0 Å². The number of aromatic nitrogens is 2. The highest BCUT2D eigenvalue weighted by Gasteiger charge is 2.17. The highest BCUT2D eigenvalue weighted by atomic mass is 35.5. The normalized spacial score (nSPS) is 14.3. The van der Waals surface area contributed by atoms with Crippen LogP contribution in [0.3, 0.4) is 0 Å². The molecular formula is C19H16ClFN6O3. The Morgan fingerprint density at radius 2 is 2.07 bits per heavy atom. The summed E-state index contributed by atoms with van der Waals surface area (Å²) in [5.74, 6) is 0.817. The number of hydrogen-bond acceptors (Lipinski definition) is 9. The Morgan fingerprint density at radius 1 is 1.23 bits per heavy atom. The maximum Gasteiger partial charge on any atom is 0.245 e. The van der Waals surface area contributed by atoms with E-state index in [1.54, 1.807) is 29.2 Å². The van der Waals surface area contributed by atoms with Crippen molar-refractivity contribution in [1.82, 2.24) is 9.97 Å². The molecule has 0 radical (unpaired) electrons. The minimum absolute atomic E-state index is 0.131. The molecule has 0 amide bonds. The molecule has 9 nitrogen and oxygen atoms in total. The molecule has 1 aliphatic heterocycles. The maximum atomic E-state index is 14.1. The van der Waals surface area contributed by atoms with Crippen molar-refractivity contribution in [2.75, 3.05) is 36.6 Å². The van der Waals surface area contributed by atoms with Crippen molar-refractivity contribution in [3.05, 3.63) is 58.0 Å². The van der Waals surface area contributed by atoms with Crippen LogP contribution in [0.15, 0.2) is 51.2 Å². The van der Waals surface area contributed by atoms with Gasteiger partial charge in [-0.3, -0.25) is 0 Å². The average Bonchev–Trinajstić information content (AvgIpc) is 3.25. The van der Waals surface area contributed by atoms with Crippen LogP contribution in [0.25, 0.3) is 11.3 Å². The molecule has 0 unspecified atom stereocenters. The number of hydrazone groups is 1. The smallest absolute Gasteiger partial charge is 0.245 e. The van der Waals surface area contributed by atoms with Gasteiger partial charge in [-0.15, -0.1) is 4.91 Å². The van der Waals surface area contributed by atoms with Gasteiger partial charge < -0.3 is 14.1 Å². The predicted molar refractivity (Wildman–Crippen MR) is 111 cm³/mol. The topological polar surface area (TPSA) is 105 Å². The summed E-state index contributed by atoms with van der Waals surface area (Å²) < 4.78 is 25.0. The van der Waals surface area contributed by atoms with E-state index in [1.807, 2.05) is 0 Å². The Labute approximate surface area is 175 Å². The number of furan rings is 1. The molecule has 1 N–H and O–H groups in total. The van der Waals surface area contributed by atoms with Gasteiger partial charge >= 0.3 is 0 Å². The van der Waals surface area contributed by atoms with Crippen molar-refractivity contribution in [2.45, 2.75) is 0 Å². The first-order chi connectivity index (χ1) is 14.6. The van der Waals surface area contributed by atoms with Gasteiger partial charge in [0.25, 0.3) is 0 Å². The first kappa shape index (κ1) is 19.9. The van der Waals surface area contributed by atoms with Crippen LogP contribution >= 0.6 is 11.6 Å². The van der Waals surface area contributed by atoms with Gasteiger partial charge in [-0.05, 0) is 35.5 Å². The molecule has 1 aliphatic rings. The van der Waals surface area contributed by atoms with E-state index in [9.17, 15) is 9.30 Å². The number of nitroso groups, excluding NO2 is 1. The van der Waals surface area contributed by atoms with Crippen molar-refractivity contribution in [1.29, 1.82) is 0 Å². The molecule has 0 atom stereocenters. The first-order valence-electron chi connectivity index (χ1n) is 9.01. The van der Waals surface area contributed by atoms with Crippen molar-refractivity contribution in [3.63, 3.8) is 0 Å². The summed E-state index contributed by atoms with van der Waals surface area (Å²) in [6.45, 7) is 2.14. The Morgan fingerprint density at radius 3 is 2.87 bits per heavy atom. The van der Waals surface area contributed by atoms with Gasteiger partial charge in [0.05, 0.1) is 30.6 Å². The molecule has 0 bridgehead atoms. The molecule has 11 heteroatoms. The fraction of sp³-hybridized carbons (Fsp3) is 0.211. The standard InChI is InChI=1S/C19H16ClFN6O3/c20-14-3-1-12(9-16(14)26-28)17-4-2-13(30-17)10-23-25-19-22-11-15(21)18(24-19)27-5-7-29-8-6-27/h1-4,9-11H,5-8H2,(H,22,24,25)/b23-10-. The fourth-order valence-electron chi connectivity index (χ4n) is 2.88. The van der Waals surface area contributed by atoms with Crippen LogP contribution in [0.2, 0.25) is 5.02 Å². The summed E-state index contributed by atoms with van der Waals surface area (Å²) in [5, 5.41) is 7.18. The molecule has 1 saturated heterocycles. The van der Waals surface area contributed by atoms with E-state index in [0.717, 1.165) is 6.20 Å². The third-order valence-corrected chi connectivity index (χ3v) is 4.67. The van der Waals surface area contributed by atoms with Crippen LogP contribution in [-0.4, -0.2) is 42.5 Å². The SMILES string of the molecule is O=Nc1cc(-c2ccc(/C=N\Nc3ncc(F)c(N4CCOCC4)n3)o2)ccc1Cl. The van der Waals surface area contributed by atoms with Gasteiger partial charge in [0.2, 0.25) is 5.95 Å². The Bertz CT molecular complexity index is 1080. The summed E-state index contributed by atoms with van der Waals surface area (Å²) >= 11 is 5.89. The number of nitrogens with zero attached hydrogens (tertiary/aromatic N) is 5. The number of nitrogens with one attached hydrogen (secondary N) is 1. The molecule has 30 heavy (non-hydrogen) atoms. The minimum Gasteiger partial charge on any atom is -0.455 e. The second kappa shape index (κ2) is 8.97. The van der Waals surface area contributed by atoms with Gasteiger partial charge in [0.1, 0.15) is 17.2 Å². The number of benzene rings is 1. The van der Waals surface area contributed by atoms with Crippen LogP contribution in [0.4, 0.5) is 21.8 Å². The van der Waals surface area contributed by atoms with E-state index in [1.165, 1.54) is 12.3 Å². The molecule has 3 aromatic rings. The second-order valence-corrected chi connectivity index (χ2v) is 6.70. The molecule has 1 fully saturated rings. The Hall–Kier alpha value is -3.37. The third-order valence-electron chi connectivity index (χ3n) is 4.35. The Kier molecular flexibility index (Phi) is 5.96. The van der Waals surface area contributed by atoms with E-state index in [0.29, 0.717) is 43.4 Å². The predicted octanol–water partition coefficient (Wildman–Crippen LogP) is 4.21. The number of hydrogen-bond donors (Lipinski definition) is 1. The molecule has 0 aliphatic carbocycles. The van der Waals surface area contributed by atoms with Crippen LogP contribution < -0.4 is 10.3 Å². The number of morpholine rings is 1. The lowest BCUT2D eigenvalue weighted by Crippen LogP contribution is -2.37. The lowest BCUT2D eigenvalue weighted by Gasteiger charge is -2.27. The molecular weight excluding hydrogens is 415 g/mol. The van der Waals surface area contributed by atoms with E-state index in [2.05, 4.69) is 25.7 Å². The molecule has 3 heterocycles. The summed E-state index contributed by atoms with van der Waals surface area (Å²) in [6.07, 6.45) is 2.53. The lowest BCUT2D eigenvalue weighted by molar-refractivity contribution is 0.122. The molecule has 154 valence electrons. The zero-order chi connectivity index (χ0) is 20.9. The number of rotatable bonds is 6. The van der Waals surface area contributed by atoms with Crippen LogP contribution in [-0.2, 0) is 4.74 Å². The molecule has 0 saturated carbocycles. The number of halogens is 2. The van der Waals surface area contributed by atoms with E-state index in [-0.39, 0.29) is 22.5 Å². The van der Waals surface area contributed by atoms with Gasteiger partial charge in [-0.2, -0.15) is 10.1 Å². The van der Waals surface area contributed by atoms with Crippen LogP contribution in [0, 0.1) is 10.7 Å². The van der Waals surface area contributed by atoms with Gasteiger partial charge in [0, 0.05) is 18.7 Å². The van der Waals surface area contributed by atoms with Crippen molar-refractivity contribution >= 4 is 35.3 Å². The average molecular weight is 431 g/mol. The summed E-state index contributed by atoms with van der Waals surface area (Å²) in [5.41, 5.74) is 3.45. The quantitative estimate of drug-likeness (QED) is 0.354. The largest absolute Gasteiger partial charge is 0.455 e. The van der Waals surface area contributed by atoms with Gasteiger partial charge in [-0.25, -0.2) is 14.8 Å². The van der Waals surface area contributed by atoms with E-state index < -0.39 is 5.82 Å². The van der Waals surface area contributed by atoms with E-state index in [4.69, 9.17) is 20.8 Å². The zero-order valence-electron chi connectivity index (χ0n) is 15.6. The highest BCUT2D eigenvalue weighted by molar-refractivity contribution is 6.33. The first-order valence-corrected chi connectivity index (χ1v) is 9.39. The lowest BCUT2D eigenvalue weighted by atomic mass is 10.1. The summed E-state index contributed by atoms with van der Waals surface area (Å²) in [7, 11) is 0. The molecule has 0 spiro atoms. The number of anilines is 2. The van der Waals surface area contributed by atoms with Crippen LogP contribution in [0.1, 0.15) is 5.76 Å². The Balaban J connectivity index is 1.45. The highest BCUT2D eigenvalue weighted by Crippen LogP contribution is 2.31. The van der Waals surface area contributed by atoms with Crippen molar-refractivity contribution in [2.24, 2.45) is 10.3 Å². The molecule has 1 aromatic carbocycles. The fourth-order valence-corrected chi connectivity index (χ4v) is 3.03. The number of ether oxygens (including phenoxy) is 1. The molecule has 2 aromatic heterocycles. The van der Waals surface area contributed by atoms with Gasteiger partial charge in [0.15, 0.2) is 11.6 Å². The minimum atomic E-state index is -0.505. The molecule has 4 rings (SSSR count).